The van der Waals surface area contributed by atoms with Crippen molar-refractivity contribution in [1.82, 2.24) is 4.90 Å². The SMILES string of the molecule is COC(=O)c1ccc(Cl)c(NC(=O)C2CCCN(Cc3ccc(Cl)c(Cl)c3)C2)c1. The number of carbonyl (C=O) groups is 2. The summed E-state index contributed by atoms with van der Waals surface area (Å²) < 4.78 is 4.72. The van der Waals surface area contributed by atoms with Crippen LogP contribution in [0.4, 0.5) is 5.69 Å². The third-order valence-electron chi connectivity index (χ3n) is 4.91. The minimum atomic E-state index is -0.484. The number of nitrogens with one attached hydrogen (secondary N) is 1. The molecule has 1 heterocycles. The van der Waals surface area contributed by atoms with Crippen LogP contribution in [0.25, 0.3) is 0 Å². The van der Waals surface area contributed by atoms with E-state index in [1.807, 2.05) is 12.1 Å². The Kier molecular flexibility index (Phi) is 7.41. The van der Waals surface area contributed by atoms with E-state index in [2.05, 4.69) is 10.2 Å². The van der Waals surface area contributed by atoms with Crippen LogP contribution in [0, 0.1) is 5.92 Å². The zero-order valence-corrected chi connectivity index (χ0v) is 18.2. The zero-order chi connectivity index (χ0) is 21.0. The van der Waals surface area contributed by atoms with Gasteiger partial charge in [0, 0.05) is 13.1 Å². The lowest BCUT2D eigenvalue weighted by Gasteiger charge is -2.32. The van der Waals surface area contributed by atoms with E-state index in [1.165, 1.54) is 13.2 Å². The Balaban J connectivity index is 1.65. The molecule has 8 heteroatoms. The van der Waals surface area contributed by atoms with Crippen molar-refractivity contribution in [2.45, 2.75) is 19.4 Å². The van der Waals surface area contributed by atoms with Gasteiger partial charge in [-0.25, -0.2) is 4.79 Å². The number of halogens is 3. The van der Waals surface area contributed by atoms with Crippen molar-refractivity contribution in [3.05, 3.63) is 62.6 Å². The molecule has 0 radical (unpaired) electrons. The maximum atomic E-state index is 12.8. The molecule has 2 aromatic carbocycles. The average molecular weight is 456 g/mol. The molecular formula is C21H21Cl3N2O3. The first-order valence-electron chi connectivity index (χ1n) is 9.22. The first kappa shape index (κ1) is 21.9. The van der Waals surface area contributed by atoms with Gasteiger partial charge in [0.25, 0.3) is 0 Å². The summed E-state index contributed by atoms with van der Waals surface area (Å²) in [6.07, 6.45) is 1.70. The summed E-state index contributed by atoms with van der Waals surface area (Å²) in [5.74, 6) is -0.778. The summed E-state index contributed by atoms with van der Waals surface area (Å²) in [5, 5.41) is 4.28. The lowest BCUT2D eigenvalue weighted by molar-refractivity contribution is -0.121. The van der Waals surface area contributed by atoms with Gasteiger partial charge >= 0.3 is 5.97 Å². The Bertz CT molecular complexity index is 920. The number of piperidine rings is 1. The summed E-state index contributed by atoms with van der Waals surface area (Å²) in [6, 6.07) is 10.2. The number of esters is 1. The molecule has 29 heavy (non-hydrogen) atoms. The molecule has 0 spiro atoms. The lowest BCUT2D eigenvalue weighted by Crippen LogP contribution is -2.40. The zero-order valence-electron chi connectivity index (χ0n) is 15.9. The number of likely N-dealkylation sites (tertiary alicyclic amines) is 1. The Morgan fingerprint density at radius 3 is 2.59 bits per heavy atom. The first-order valence-corrected chi connectivity index (χ1v) is 10.4. The second-order valence-corrected chi connectivity index (χ2v) is 8.22. The Labute approximate surface area is 184 Å². The van der Waals surface area contributed by atoms with Crippen LogP contribution in [0.3, 0.4) is 0 Å². The van der Waals surface area contributed by atoms with Crippen LogP contribution in [0.15, 0.2) is 36.4 Å². The van der Waals surface area contributed by atoms with Crippen LogP contribution in [0.2, 0.25) is 15.1 Å². The topological polar surface area (TPSA) is 58.6 Å². The van der Waals surface area contributed by atoms with E-state index < -0.39 is 5.97 Å². The van der Waals surface area contributed by atoms with Crippen LogP contribution < -0.4 is 5.32 Å². The summed E-state index contributed by atoms with van der Waals surface area (Å²) in [6.45, 7) is 2.22. The van der Waals surface area contributed by atoms with Crippen LogP contribution in [0.5, 0.6) is 0 Å². The van der Waals surface area contributed by atoms with Crippen molar-refractivity contribution in [1.29, 1.82) is 0 Å². The predicted molar refractivity (Wildman–Crippen MR) is 116 cm³/mol. The molecule has 1 aliphatic heterocycles. The number of carbonyl (C=O) groups excluding carboxylic acids is 2. The number of hydrogen-bond donors (Lipinski definition) is 1. The summed E-state index contributed by atoms with van der Waals surface area (Å²) in [4.78, 5) is 26.8. The molecule has 0 aromatic heterocycles. The van der Waals surface area contributed by atoms with Crippen LogP contribution in [-0.4, -0.2) is 37.0 Å². The monoisotopic (exact) mass is 454 g/mol. The van der Waals surface area contributed by atoms with E-state index in [-0.39, 0.29) is 11.8 Å². The van der Waals surface area contributed by atoms with Crippen LogP contribution in [-0.2, 0) is 16.1 Å². The molecule has 1 atom stereocenters. The van der Waals surface area contributed by atoms with Gasteiger partial charge in [0.2, 0.25) is 5.91 Å². The standard InChI is InChI=1S/C21H21Cl3N2O3/c1-29-21(28)14-5-7-17(23)19(10-14)25-20(27)15-3-2-8-26(12-15)11-13-4-6-16(22)18(24)9-13/h4-7,9-10,15H,2-3,8,11-12H2,1H3,(H,25,27). The van der Waals surface area contributed by atoms with E-state index in [4.69, 9.17) is 39.5 Å². The highest BCUT2D eigenvalue weighted by Crippen LogP contribution is 2.27. The molecule has 0 saturated carbocycles. The minimum Gasteiger partial charge on any atom is -0.465 e. The number of nitrogens with zero attached hydrogens (tertiary/aromatic N) is 1. The number of rotatable bonds is 5. The smallest absolute Gasteiger partial charge is 0.337 e. The van der Waals surface area contributed by atoms with Gasteiger partial charge < -0.3 is 10.1 Å². The van der Waals surface area contributed by atoms with Gasteiger partial charge in [-0.15, -0.1) is 0 Å². The molecule has 0 aliphatic carbocycles. The fraction of sp³-hybridized carbons (Fsp3) is 0.333. The van der Waals surface area contributed by atoms with E-state index >= 15 is 0 Å². The first-order chi connectivity index (χ1) is 13.9. The van der Waals surface area contributed by atoms with Crippen molar-refractivity contribution in [2.75, 3.05) is 25.5 Å². The quantitative estimate of drug-likeness (QED) is 0.623. The van der Waals surface area contributed by atoms with Crippen LogP contribution in [0.1, 0.15) is 28.8 Å². The number of ether oxygens (including phenoxy) is 1. The van der Waals surface area contributed by atoms with Crippen LogP contribution >= 0.6 is 34.8 Å². The lowest BCUT2D eigenvalue weighted by atomic mass is 9.96. The van der Waals surface area contributed by atoms with Gasteiger partial charge in [-0.2, -0.15) is 0 Å². The van der Waals surface area contributed by atoms with Crippen molar-refractivity contribution in [3.63, 3.8) is 0 Å². The van der Waals surface area contributed by atoms with Gasteiger partial charge in [-0.1, -0.05) is 40.9 Å². The van der Waals surface area contributed by atoms with Gasteiger partial charge in [0.1, 0.15) is 0 Å². The van der Waals surface area contributed by atoms with E-state index in [1.54, 1.807) is 18.2 Å². The molecule has 0 bridgehead atoms. The molecule has 1 amide bonds. The van der Waals surface area contributed by atoms with Gasteiger partial charge in [-0.05, 0) is 55.3 Å². The van der Waals surface area contributed by atoms with Gasteiger partial charge in [0.15, 0.2) is 0 Å². The Hall–Kier alpha value is -1.79. The van der Waals surface area contributed by atoms with E-state index in [0.29, 0.717) is 39.4 Å². The van der Waals surface area contributed by atoms with Gasteiger partial charge in [0.05, 0.1) is 39.3 Å². The summed E-state index contributed by atoms with van der Waals surface area (Å²) in [7, 11) is 1.31. The number of hydrogen-bond acceptors (Lipinski definition) is 4. The Morgan fingerprint density at radius 1 is 1.10 bits per heavy atom. The molecule has 154 valence electrons. The molecule has 1 fully saturated rings. The summed E-state index contributed by atoms with van der Waals surface area (Å²) in [5.41, 5.74) is 1.78. The number of amides is 1. The molecule has 1 N–H and O–H groups in total. The largest absolute Gasteiger partial charge is 0.465 e. The van der Waals surface area contributed by atoms with Crippen molar-refractivity contribution < 1.29 is 14.3 Å². The highest BCUT2D eigenvalue weighted by molar-refractivity contribution is 6.42. The van der Waals surface area contributed by atoms with Crippen molar-refractivity contribution in [2.24, 2.45) is 5.92 Å². The number of anilines is 1. The molecule has 2 aromatic rings. The Morgan fingerprint density at radius 2 is 1.86 bits per heavy atom. The number of methoxy groups -OCH3 is 1. The van der Waals surface area contributed by atoms with Crippen molar-refractivity contribution in [3.8, 4) is 0 Å². The fourth-order valence-corrected chi connectivity index (χ4v) is 3.90. The second-order valence-electron chi connectivity index (χ2n) is 7.00. The van der Waals surface area contributed by atoms with Crippen molar-refractivity contribution >= 4 is 52.4 Å². The van der Waals surface area contributed by atoms with E-state index in [9.17, 15) is 9.59 Å². The molecule has 3 rings (SSSR count). The van der Waals surface area contributed by atoms with Gasteiger partial charge in [-0.3, -0.25) is 9.69 Å². The minimum absolute atomic E-state index is 0.118. The highest BCUT2D eigenvalue weighted by atomic mass is 35.5. The fourth-order valence-electron chi connectivity index (χ4n) is 3.41. The molecule has 1 saturated heterocycles. The molecule has 5 nitrogen and oxygen atoms in total. The molecular weight excluding hydrogens is 435 g/mol. The summed E-state index contributed by atoms with van der Waals surface area (Å²) >= 11 is 18.3. The second kappa shape index (κ2) is 9.81. The molecule has 1 aliphatic rings. The van der Waals surface area contributed by atoms with E-state index in [0.717, 1.165) is 24.9 Å². The maximum absolute atomic E-state index is 12.8. The highest BCUT2D eigenvalue weighted by Gasteiger charge is 2.26. The predicted octanol–water partition coefficient (Wildman–Crippen LogP) is 5.28. The maximum Gasteiger partial charge on any atom is 0.337 e. The number of benzene rings is 2. The normalized spacial score (nSPS) is 17.0. The third kappa shape index (κ3) is 5.64. The third-order valence-corrected chi connectivity index (χ3v) is 5.98. The molecule has 1 unspecified atom stereocenters. The average Bonchev–Trinajstić information content (AvgIpc) is 2.72.